The molecule has 0 aliphatic rings. The molecule has 0 radical (unpaired) electrons. The Morgan fingerprint density at radius 1 is 1.29 bits per heavy atom. The Balaban J connectivity index is 2.18. The number of rotatable bonds is 2. The number of benzene rings is 2. The van der Waals surface area contributed by atoms with Gasteiger partial charge in [-0.2, -0.15) is 0 Å². The van der Waals surface area contributed by atoms with Crippen LogP contribution in [0.25, 0.3) is 0 Å². The lowest BCUT2D eigenvalue weighted by molar-refractivity contribution is 0.102. The SMILES string of the molecule is Cc1cccc(C(=O)Nc2ccc(C#CCO)cc2F)c1. The molecule has 0 atom stereocenters. The van der Waals surface area contributed by atoms with Crippen LogP contribution in [0, 0.1) is 24.6 Å². The van der Waals surface area contributed by atoms with Crippen molar-refractivity contribution in [2.75, 3.05) is 11.9 Å². The van der Waals surface area contributed by atoms with E-state index < -0.39 is 5.82 Å². The molecule has 106 valence electrons. The van der Waals surface area contributed by atoms with E-state index in [4.69, 9.17) is 5.11 Å². The summed E-state index contributed by atoms with van der Waals surface area (Å²) in [5.74, 6) is 4.10. The average Bonchev–Trinajstić information content (AvgIpc) is 2.47. The highest BCUT2D eigenvalue weighted by Gasteiger charge is 2.09. The van der Waals surface area contributed by atoms with E-state index >= 15 is 0 Å². The van der Waals surface area contributed by atoms with Crippen molar-refractivity contribution >= 4 is 11.6 Å². The predicted octanol–water partition coefficient (Wildman–Crippen LogP) is 2.73. The zero-order valence-corrected chi connectivity index (χ0v) is 11.5. The van der Waals surface area contributed by atoms with Gasteiger partial charge in [-0.1, -0.05) is 29.5 Å². The van der Waals surface area contributed by atoms with Gasteiger partial charge in [0.2, 0.25) is 0 Å². The lowest BCUT2D eigenvalue weighted by Crippen LogP contribution is -2.13. The summed E-state index contributed by atoms with van der Waals surface area (Å²) in [7, 11) is 0. The molecule has 0 saturated carbocycles. The van der Waals surface area contributed by atoms with Crippen molar-refractivity contribution in [2.45, 2.75) is 6.92 Å². The van der Waals surface area contributed by atoms with Crippen molar-refractivity contribution in [3.8, 4) is 11.8 Å². The van der Waals surface area contributed by atoms with E-state index in [1.54, 1.807) is 24.3 Å². The largest absolute Gasteiger partial charge is 0.384 e. The van der Waals surface area contributed by atoms with Crippen molar-refractivity contribution in [2.24, 2.45) is 0 Å². The molecular formula is C17H14FNO2. The second-order valence-electron chi connectivity index (χ2n) is 4.48. The van der Waals surface area contributed by atoms with Crippen molar-refractivity contribution in [3.63, 3.8) is 0 Å². The van der Waals surface area contributed by atoms with E-state index in [0.717, 1.165) is 5.56 Å². The van der Waals surface area contributed by atoms with Crippen molar-refractivity contribution in [3.05, 3.63) is 65.0 Å². The topological polar surface area (TPSA) is 49.3 Å². The summed E-state index contributed by atoms with van der Waals surface area (Å²) in [4.78, 5) is 12.0. The molecule has 2 aromatic rings. The van der Waals surface area contributed by atoms with E-state index in [1.807, 2.05) is 13.0 Å². The highest BCUT2D eigenvalue weighted by molar-refractivity contribution is 6.04. The highest BCUT2D eigenvalue weighted by atomic mass is 19.1. The van der Waals surface area contributed by atoms with Gasteiger partial charge >= 0.3 is 0 Å². The number of halogens is 1. The highest BCUT2D eigenvalue weighted by Crippen LogP contribution is 2.17. The number of amides is 1. The molecule has 0 aliphatic heterocycles. The van der Waals surface area contributed by atoms with Gasteiger partial charge in [0.1, 0.15) is 12.4 Å². The van der Waals surface area contributed by atoms with E-state index in [2.05, 4.69) is 17.2 Å². The summed E-state index contributed by atoms with van der Waals surface area (Å²) in [5, 5.41) is 11.1. The van der Waals surface area contributed by atoms with Crippen molar-refractivity contribution < 1.29 is 14.3 Å². The zero-order valence-electron chi connectivity index (χ0n) is 11.5. The Kier molecular flexibility index (Phi) is 4.70. The number of anilines is 1. The first kappa shape index (κ1) is 14.8. The standard InChI is InChI=1S/C17H14FNO2/c1-12-4-2-6-14(10-12)17(21)19-16-8-7-13(5-3-9-20)11-15(16)18/h2,4,6-8,10-11,20H,9H2,1H3,(H,19,21). The monoisotopic (exact) mass is 283 g/mol. The number of aliphatic hydroxyl groups excluding tert-OH is 1. The first-order chi connectivity index (χ1) is 10.1. The number of carbonyl (C=O) groups is 1. The lowest BCUT2D eigenvalue weighted by atomic mass is 10.1. The Labute approximate surface area is 122 Å². The Morgan fingerprint density at radius 3 is 2.76 bits per heavy atom. The molecule has 3 nitrogen and oxygen atoms in total. The summed E-state index contributed by atoms with van der Waals surface area (Å²) in [6, 6.07) is 11.3. The van der Waals surface area contributed by atoms with Crippen LogP contribution in [0.15, 0.2) is 42.5 Å². The normalized spacial score (nSPS) is 9.67. The Morgan fingerprint density at radius 2 is 2.10 bits per heavy atom. The van der Waals surface area contributed by atoms with Crippen LogP contribution in [-0.2, 0) is 0 Å². The molecule has 2 aromatic carbocycles. The maximum atomic E-state index is 13.9. The van der Waals surface area contributed by atoms with Crippen molar-refractivity contribution in [1.29, 1.82) is 0 Å². The second kappa shape index (κ2) is 6.69. The van der Waals surface area contributed by atoms with E-state index in [-0.39, 0.29) is 18.2 Å². The van der Waals surface area contributed by atoms with Crippen LogP contribution in [-0.4, -0.2) is 17.6 Å². The minimum atomic E-state index is -0.569. The van der Waals surface area contributed by atoms with Gasteiger partial charge in [0.25, 0.3) is 5.91 Å². The van der Waals surface area contributed by atoms with Gasteiger partial charge in [0.15, 0.2) is 0 Å². The smallest absolute Gasteiger partial charge is 0.255 e. The molecule has 0 fully saturated rings. The molecule has 0 aromatic heterocycles. The fourth-order valence-electron chi connectivity index (χ4n) is 1.82. The lowest BCUT2D eigenvalue weighted by Gasteiger charge is -2.07. The molecule has 4 heteroatoms. The van der Waals surface area contributed by atoms with Crippen molar-refractivity contribution in [1.82, 2.24) is 0 Å². The van der Waals surface area contributed by atoms with Crippen LogP contribution in [0.4, 0.5) is 10.1 Å². The minimum Gasteiger partial charge on any atom is -0.384 e. The van der Waals surface area contributed by atoms with Gasteiger partial charge in [0.05, 0.1) is 5.69 Å². The summed E-state index contributed by atoms with van der Waals surface area (Å²) in [5.41, 5.74) is 1.96. The molecule has 2 rings (SSSR count). The van der Waals surface area contributed by atoms with E-state index in [1.165, 1.54) is 12.1 Å². The molecule has 0 heterocycles. The van der Waals surface area contributed by atoms with Gasteiger partial charge in [0, 0.05) is 11.1 Å². The number of aliphatic hydroxyl groups is 1. The number of hydrogen-bond donors (Lipinski definition) is 2. The number of nitrogens with one attached hydrogen (secondary N) is 1. The predicted molar refractivity (Wildman–Crippen MR) is 79.5 cm³/mol. The third-order valence-electron chi connectivity index (χ3n) is 2.81. The Bertz CT molecular complexity index is 729. The average molecular weight is 283 g/mol. The third kappa shape index (κ3) is 3.91. The van der Waals surface area contributed by atoms with E-state index in [9.17, 15) is 9.18 Å². The molecule has 21 heavy (non-hydrogen) atoms. The van der Waals surface area contributed by atoms with Crippen LogP contribution in [0.1, 0.15) is 21.5 Å². The summed E-state index contributed by atoms with van der Waals surface area (Å²) < 4.78 is 13.9. The molecule has 1 amide bonds. The summed E-state index contributed by atoms with van der Waals surface area (Å²) >= 11 is 0. The molecule has 0 saturated heterocycles. The van der Waals surface area contributed by atoms with Crippen LogP contribution in [0.2, 0.25) is 0 Å². The van der Waals surface area contributed by atoms with Gasteiger partial charge in [-0.15, -0.1) is 0 Å². The summed E-state index contributed by atoms with van der Waals surface area (Å²) in [6.45, 7) is 1.60. The second-order valence-corrected chi connectivity index (χ2v) is 4.48. The van der Waals surface area contributed by atoms with Crippen LogP contribution in [0.5, 0.6) is 0 Å². The van der Waals surface area contributed by atoms with Crippen LogP contribution >= 0.6 is 0 Å². The van der Waals surface area contributed by atoms with Crippen LogP contribution < -0.4 is 5.32 Å². The Hall–Kier alpha value is -2.64. The first-order valence-electron chi connectivity index (χ1n) is 6.37. The fraction of sp³-hybridized carbons (Fsp3) is 0.118. The third-order valence-corrected chi connectivity index (χ3v) is 2.81. The maximum Gasteiger partial charge on any atom is 0.255 e. The van der Waals surface area contributed by atoms with Gasteiger partial charge < -0.3 is 10.4 Å². The molecular weight excluding hydrogens is 269 g/mol. The van der Waals surface area contributed by atoms with Gasteiger partial charge in [-0.3, -0.25) is 4.79 Å². The fourth-order valence-corrected chi connectivity index (χ4v) is 1.82. The first-order valence-corrected chi connectivity index (χ1v) is 6.37. The molecule has 0 bridgehead atoms. The molecule has 0 spiro atoms. The number of carbonyl (C=O) groups excluding carboxylic acids is 1. The van der Waals surface area contributed by atoms with Crippen LogP contribution in [0.3, 0.4) is 0 Å². The molecule has 0 aliphatic carbocycles. The van der Waals surface area contributed by atoms with Gasteiger partial charge in [-0.25, -0.2) is 4.39 Å². The maximum absolute atomic E-state index is 13.9. The number of aryl methyl sites for hydroxylation is 1. The zero-order chi connectivity index (χ0) is 15.2. The summed E-state index contributed by atoms with van der Waals surface area (Å²) in [6.07, 6.45) is 0. The molecule has 2 N–H and O–H groups in total. The van der Waals surface area contributed by atoms with Gasteiger partial charge in [-0.05, 0) is 37.3 Å². The minimum absolute atomic E-state index is 0.0936. The van der Waals surface area contributed by atoms with E-state index in [0.29, 0.717) is 11.1 Å². The molecule has 0 unspecified atom stereocenters. The quantitative estimate of drug-likeness (QED) is 0.833. The number of hydrogen-bond acceptors (Lipinski definition) is 2.